The highest BCUT2D eigenvalue weighted by Gasteiger charge is 2.33. The topological polar surface area (TPSA) is 108 Å². The van der Waals surface area contributed by atoms with E-state index >= 15 is 0 Å². The monoisotopic (exact) mass is 581 g/mol. The third-order valence-corrected chi connectivity index (χ3v) is 8.75. The lowest BCUT2D eigenvalue weighted by atomic mass is 9.99. The van der Waals surface area contributed by atoms with Gasteiger partial charge in [0, 0.05) is 31.2 Å². The predicted molar refractivity (Wildman–Crippen MR) is 159 cm³/mol. The molecule has 3 aromatic rings. The summed E-state index contributed by atoms with van der Waals surface area (Å²) >= 11 is 0. The van der Waals surface area contributed by atoms with Crippen molar-refractivity contribution in [3.63, 3.8) is 0 Å². The van der Waals surface area contributed by atoms with Crippen molar-refractivity contribution in [2.24, 2.45) is 5.92 Å². The molecular weight excluding hydrogens is 542 g/mol. The number of rotatable bonds is 10. The first kappa shape index (κ1) is 30.4. The Balaban J connectivity index is 1.61. The Hall–Kier alpha value is -3.60. The third-order valence-electron chi connectivity index (χ3n) is 7.35. The van der Waals surface area contributed by atoms with E-state index in [1.54, 1.807) is 55.3 Å². The fourth-order valence-corrected chi connectivity index (χ4v) is 5.90. The van der Waals surface area contributed by atoms with Gasteiger partial charge in [-0.2, -0.15) is 0 Å². The van der Waals surface area contributed by atoms with E-state index < -0.39 is 16.1 Å². The number of methoxy groups -OCH3 is 1. The molecule has 0 radical (unpaired) electrons. The lowest BCUT2D eigenvalue weighted by Crippen LogP contribution is -2.49. The molecule has 2 N–H and O–H groups in total. The van der Waals surface area contributed by atoms with E-state index in [1.807, 2.05) is 45.2 Å². The number of likely N-dealkylation sites (N-methyl/N-ethyl adjacent to an activating group) is 1. The second kappa shape index (κ2) is 12.9. The molecule has 9 nitrogen and oxygen atoms in total. The smallest absolute Gasteiger partial charge is 0.261 e. The molecule has 0 spiro atoms. The Morgan fingerprint density at radius 2 is 1.80 bits per heavy atom. The van der Waals surface area contributed by atoms with E-state index in [4.69, 9.17) is 9.47 Å². The minimum Gasteiger partial charge on any atom is -0.497 e. The molecule has 1 heterocycles. The number of aliphatic hydroxyl groups excluding tert-OH is 1. The molecule has 0 fully saturated rings. The molecule has 4 rings (SSSR count). The van der Waals surface area contributed by atoms with E-state index in [-0.39, 0.29) is 40.7 Å². The van der Waals surface area contributed by atoms with Gasteiger partial charge in [-0.3, -0.25) is 14.4 Å². The molecule has 0 bridgehead atoms. The highest BCUT2D eigenvalue weighted by Crippen LogP contribution is 2.31. The highest BCUT2D eigenvalue weighted by molar-refractivity contribution is 7.92. The average Bonchev–Trinajstić information content (AvgIpc) is 2.95. The van der Waals surface area contributed by atoms with Crippen molar-refractivity contribution < 1.29 is 27.8 Å². The Morgan fingerprint density at radius 3 is 2.44 bits per heavy atom. The summed E-state index contributed by atoms with van der Waals surface area (Å²) in [5, 5.41) is 9.93. The van der Waals surface area contributed by atoms with Crippen LogP contribution in [-0.4, -0.2) is 75.2 Å². The molecule has 0 saturated carbocycles. The molecule has 10 heteroatoms. The summed E-state index contributed by atoms with van der Waals surface area (Å²) in [5.41, 5.74) is 2.57. The van der Waals surface area contributed by atoms with Crippen LogP contribution in [0.15, 0.2) is 71.6 Å². The van der Waals surface area contributed by atoms with Gasteiger partial charge in [-0.15, -0.1) is 0 Å². The first-order valence-corrected chi connectivity index (χ1v) is 15.1. The van der Waals surface area contributed by atoms with Crippen molar-refractivity contribution >= 4 is 21.6 Å². The second-order valence-electron chi connectivity index (χ2n) is 10.8. The zero-order valence-electron chi connectivity index (χ0n) is 24.2. The molecule has 3 atom stereocenters. The number of aryl methyl sites for hydroxylation is 1. The average molecular weight is 582 g/mol. The van der Waals surface area contributed by atoms with Crippen molar-refractivity contribution in [1.29, 1.82) is 0 Å². The van der Waals surface area contributed by atoms with Gasteiger partial charge in [-0.05, 0) is 68.9 Å². The zero-order chi connectivity index (χ0) is 29.7. The number of carbonyl (C=O) groups excluding carboxylic acids is 1. The standard InChI is InChI=1S/C31H39N3O6S/c1-21-6-13-27(14-7-21)41(37,38)32-25-10-15-29-28(16-25)31(36)34(23(3)20-35)17-22(2)30(40-29)19-33(4)18-24-8-11-26(39-5)12-9-24/h6-16,22-23,30,32,35H,17-20H2,1-5H3/t22-,23+,30-/m0/s1. The molecule has 0 aliphatic carbocycles. The third kappa shape index (κ3) is 7.38. The number of sulfonamides is 1. The van der Waals surface area contributed by atoms with Crippen LogP contribution in [0.4, 0.5) is 5.69 Å². The molecule has 0 aromatic heterocycles. The normalized spacial score (nSPS) is 18.2. The van der Waals surface area contributed by atoms with Crippen molar-refractivity contribution in [3.05, 3.63) is 83.4 Å². The van der Waals surface area contributed by atoms with Crippen LogP contribution in [0.1, 0.15) is 35.3 Å². The molecule has 3 aromatic carbocycles. The lowest BCUT2D eigenvalue weighted by molar-refractivity contribution is 0.0341. The number of ether oxygens (including phenoxy) is 2. The number of fused-ring (bicyclic) bond motifs is 1. The van der Waals surface area contributed by atoms with Gasteiger partial charge in [0.15, 0.2) is 0 Å². The molecule has 1 amide bonds. The number of nitrogens with one attached hydrogen (secondary N) is 1. The van der Waals surface area contributed by atoms with Crippen LogP contribution in [0.2, 0.25) is 0 Å². The summed E-state index contributed by atoms with van der Waals surface area (Å²) in [5.74, 6) is 0.806. The van der Waals surface area contributed by atoms with Crippen LogP contribution in [-0.2, 0) is 16.6 Å². The molecule has 41 heavy (non-hydrogen) atoms. The van der Waals surface area contributed by atoms with Crippen LogP contribution in [0.25, 0.3) is 0 Å². The maximum absolute atomic E-state index is 13.7. The summed E-state index contributed by atoms with van der Waals surface area (Å²) in [6.45, 7) is 7.17. The fraction of sp³-hybridized carbons (Fsp3) is 0.387. The SMILES string of the molecule is COc1ccc(CN(C)C[C@@H]2Oc3ccc(NS(=O)(=O)c4ccc(C)cc4)cc3C(=O)N([C@H](C)CO)C[C@@H]2C)cc1. The van der Waals surface area contributed by atoms with Crippen molar-refractivity contribution in [1.82, 2.24) is 9.80 Å². The first-order chi connectivity index (χ1) is 19.5. The number of aliphatic hydroxyl groups is 1. The number of hydrogen-bond donors (Lipinski definition) is 2. The summed E-state index contributed by atoms with van der Waals surface area (Å²) in [7, 11) is -0.210. The van der Waals surface area contributed by atoms with Gasteiger partial charge < -0.3 is 19.5 Å². The number of amides is 1. The van der Waals surface area contributed by atoms with Crippen LogP contribution < -0.4 is 14.2 Å². The second-order valence-corrected chi connectivity index (χ2v) is 12.5. The number of anilines is 1. The van der Waals surface area contributed by atoms with E-state index in [0.717, 1.165) is 16.9 Å². The van der Waals surface area contributed by atoms with Crippen LogP contribution in [0, 0.1) is 12.8 Å². The van der Waals surface area contributed by atoms with Crippen LogP contribution in [0.3, 0.4) is 0 Å². The Bertz CT molecular complexity index is 1440. The molecule has 0 saturated heterocycles. The minimum absolute atomic E-state index is 0.0425. The molecule has 1 aliphatic rings. The van der Waals surface area contributed by atoms with Gasteiger partial charge in [0.2, 0.25) is 0 Å². The lowest BCUT2D eigenvalue weighted by Gasteiger charge is -2.38. The van der Waals surface area contributed by atoms with E-state index in [9.17, 15) is 18.3 Å². The first-order valence-electron chi connectivity index (χ1n) is 13.6. The van der Waals surface area contributed by atoms with Gasteiger partial charge in [0.05, 0.1) is 30.2 Å². The molecule has 1 aliphatic heterocycles. The molecular formula is C31H39N3O6S. The van der Waals surface area contributed by atoms with Crippen LogP contribution in [0.5, 0.6) is 11.5 Å². The van der Waals surface area contributed by atoms with E-state index in [2.05, 4.69) is 9.62 Å². The zero-order valence-corrected chi connectivity index (χ0v) is 25.0. The summed E-state index contributed by atoms with van der Waals surface area (Å²) in [6.07, 6.45) is -0.270. The number of hydrogen-bond acceptors (Lipinski definition) is 7. The van der Waals surface area contributed by atoms with Crippen molar-refractivity contribution in [3.8, 4) is 11.5 Å². The largest absolute Gasteiger partial charge is 0.497 e. The van der Waals surface area contributed by atoms with Gasteiger partial charge in [-0.1, -0.05) is 36.8 Å². The number of benzene rings is 3. The van der Waals surface area contributed by atoms with E-state index in [1.165, 1.54) is 6.07 Å². The summed E-state index contributed by atoms with van der Waals surface area (Å²) < 4.78 is 40.3. The Kier molecular flexibility index (Phi) is 9.57. The van der Waals surface area contributed by atoms with Crippen molar-refractivity contribution in [2.75, 3.05) is 38.6 Å². The number of carbonyl (C=O) groups is 1. The summed E-state index contributed by atoms with van der Waals surface area (Å²) in [4.78, 5) is 17.6. The van der Waals surface area contributed by atoms with Gasteiger partial charge in [-0.25, -0.2) is 8.42 Å². The quantitative estimate of drug-likeness (QED) is 0.370. The van der Waals surface area contributed by atoms with Gasteiger partial charge in [0.1, 0.15) is 17.6 Å². The van der Waals surface area contributed by atoms with Gasteiger partial charge in [0.25, 0.3) is 15.9 Å². The minimum atomic E-state index is -3.86. The maximum Gasteiger partial charge on any atom is 0.261 e. The maximum atomic E-state index is 13.7. The molecule has 0 unspecified atom stereocenters. The summed E-state index contributed by atoms with van der Waals surface area (Å²) in [6, 6.07) is 18.8. The van der Waals surface area contributed by atoms with Crippen molar-refractivity contribution in [2.45, 2.75) is 44.4 Å². The highest BCUT2D eigenvalue weighted by atomic mass is 32.2. The van der Waals surface area contributed by atoms with Crippen LogP contribution >= 0.6 is 0 Å². The van der Waals surface area contributed by atoms with Gasteiger partial charge >= 0.3 is 0 Å². The molecule has 220 valence electrons. The van der Waals surface area contributed by atoms with E-state index in [0.29, 0.717) is 25.4 Å². The Labute approximate surface area is 242 Å². The number of nitrogens with zero attached hydrogens (tertiary/aromatic N) is 2. The fourth-order valence-electron chi connectivity index (χ4n) is 4.85. The predicted octanol–water partition coefficient (Wildman–Crippen LogP) is 4.16. The Morgan fingerprint density at radius 1 is 1.12 bits per heavy atom.